The number of carbonyl (C=O) groups is 1. The van der Waals surface area contributed by atoms with Gasteiger partial charge in [0.25, 0.3) is 5.91 Å². The molecule has 3 aromatic rings. The van der Waals surface area contributed by atoms with E-state index in [1.54, 1.807) is 19.2 Å². The highest BCUT2D eigenvalue weighted by Gasteiger charge is 2.19. The molecule has 144 valence electrons. The van der Waals surface area contributed by atoms with Crippen LogP contribution in [-0.4, -0.2) is 52.1 Å². The Morgan fingerprint density at radius 2 is 1.89 bits per heavy atom. The lowest BCUT2D eigenvalue weighted by atomic mass is 10.2. The molecule has 0 saturated carbocycles. The van der Waals surface area contributed by atoms with Gasteiger partial charge >= 0.3 is 0 Å². The summed E-state index contributed by atoms with van der Waals surface area (Å²) in [6.45, 7) is 6.41. The Balaban J connectivity index is 1.31. The SMILES string of the molecule is Cc1cc(NC(=O)c2cnc(N3CCN(Cc4ccccc4)CC3)cn2)no1. The van der Waals surface area contributed by atoms with Gasteiger partial charge in [-0.1, -0.05) is 35.5 Å². The van der Waals surface area contributed by atoms with Gasteiger partial charge in [-0.15, -0.1) is 0 Å². The molecule has 1 aliphatic heterocycles. The van der Waals surface area contributed by atoms with Gasteiger partial charge in [-0.3, -0.25) is 9.69 Å². The van der Waals surface area contributed by atoms with E-state index in [0.29, 0.717) is 11.6 Å². The fourth-order valence-electron chi connectivity index (χ4n) is 3.18. The van der Waals surface area contributed by atoms with Gasteiger partial charge in [0.1, 0.15) is 17.3 Å². The average molecular weight is 378 g/mol. The van der Waals surface area contributed by atoms with Crippen molar-refractivity contribution >= 4 is 17.5 Å². The Morgan fingerprint density at radius 3 is 2.54 bits per heavy atom. The summed E-state index contributed by atoms with van der Waals surface area (Å²) in [5.74, 6) is 1.42. The molecule has 8 heteroatoms. The van der Waals surface area contributed by atoms with E-state index in [4.69, 9.17) is 4.52 Å². The molecule has 28 heavy (non-hydrogen) atoms. The zero-order valence-electron chi connectivity index (χ0n) is 15.7. The van der Waals surface area contributed by atoms with Gasteiger partial charge in [0.2, 0.25) is 0 Å². The summed E-state index contributed by atoms with van der Waals surface area (Å²) in [5, 5.41) is 6.38. The molecular formula is C20H22N6O2. The maximum Gasteiger partial charge on any atom is 0.277 e. The molecule has 0 atom stereocenters. The Kier molecular flexibility index (Phi) is 5.29. The quantitative estimate of drug-likeness (QED) is 0.729. The van der Waals surface area contributed by atoms with Crippen LogP contribution in [0.15, 0.2) is 53.3 Å². The Hall–Kier alpha value is -3.26. The lowest BCUT2D eigenvalue weighted by molar-refractivity contribution is 0.102. The van der Waals surface area contributed by atoms with Gasteiger partial charge in [-0.25, -0.2) is 9.97 Å². The molecular weight excluding hydrogens is 356 g/mol. The summed E-state index contributed by atoms with van der Waals surface area (Å²) in [5.41, 5.74) is 1.57. The molecule has 8 nitrogen and oxygen atoms in total. The number of nitrogens with zero attached hydrogens (tertiary/aromatic N) is 5. The Morgan fingerprint density at radius 1 is 1.11 bits per heavy atom. The van der Waals surface area contributed by atoms with Crippen molar-refractivity contribution in [2.45, 2.75) is 13.5 Å². The van der Waals surface area contributed by atoms with Gasteiger partial charge in [0, 0.05) is 38.8 Å². The number of rotatable bonds is 5. The second kappa shape index (κ2) is 8.18. The minimum Gasteiger partial charge on any atom is -0.360 e. The molecule has 4 rings (SSSR count). The van der Waals surface area contributed by atoms with Crippen molar-refractivity contribution in [3.63, 3.8) is 0 Å². The number of amides is 1. The number of aryl methyl sites for hydroxylation is 1. The van der Waals surface area contributed by atoms with Crippen LogP contribution in [0.1, 0.15) is 21.8 Å². The third-order valence-corrected chi connectivity index (χ3v) is 4.69. The van der Waals surface area contributed by atoms with E-state index < -0.39 is 0 Å². The largest absolute Gasteiger partial charge is 0.360 e. The topological polar surface area (TPSA) is 87.4 Å². The highest BCUT2D eigenvalue weighted by atomic mass is 16.5. The Labute approximate surface area is 163 Å². The third kappa shape index (κ3) is 4.34. The molecule has 3 heterocycles. The van der Waals surface area contributed by atoms with Crippen LogP contribution in [0, 0.1) is 6.92 Å². The number of carbonyl (C=O) groups excluding carboxylic acids is 1. The molecule has 1 N–H and O–H groups in total. The van der Waals surface area contributed by atoms with E-state index >= 15 is 0 Å². The number of benzene rings is 1. The van der Waals surface area contributed by atoms with Crippen LogP contribution in [0.25, 0.3) is 0 Å². The standard InChI is InChI=1S/C20H22N6O2/c1-15-11-18(24-28-15)23-20(27)17-12-22-19(13-21-17)26-9-7-25(8-10-26)14-16-5-3-2-4-6-16/h2-6,11-13H,7-10,14H2,1H3,(H,23,24,27). The normalized spacial score (nSPS) is 14.8. The van der Waals surface area contributed by atoms with Crippen molar-refractivity contribution in [3.05, 3.63) is 65.8 Å². The number of anilines is 2. The second-order valence-electron chi connectivity index (χ2n) is 6.79. The van der Waals surface area contributed by atoms with Gasteiger partial charge in [-0.2, -0.15) is 0 Å². The molecule has 0 bridgehead atoms. The number of piperazine rings is 1. The van der Waals surface area contributed by atoms with Crippen LogP contribution < -0.4 is 10.2 Å². The third-order valence-electron chi connectivity index (χ3n) is 4.69. The van der Waals surface area contributed by atoms with Crippen LogP contribution in [0.3, 0.4) is 0 Å². The zero-order valence-corrected chi connectivity index (χ0v) is 15.7. The van der Waals surface area contributed by atoms with Gasteiger partial charge in [0.05, 0.1) is 12.4 Å². The van der Waals surface area contributed by atoms with E-state index in [-0.39, 0.29) is 11.6 Å². The highest BCUT2D eigenvalue weighted by molar-refractivity contribution is 6.02. The van der Waals surface area contributed by atoms with Crippen molar-refractivity contribution in [2.24, 2.45) is 0 Å². The van der Waals surface area contributed by atoms with E-state index in [2.05, 4.69) is 54.5 Å². The summed E-state index contributed by atoms with van der Waals surface area (Å²) in [4.78, 5) is 25.5. The highest BCUT2D eigenvalue weighted by Crippen LogP contribution is 2.15. The predicted molar refractivity (Wildman–Crippen MR) is 105 cm³/mol. The lowest BCUT2D eigenvalue weighted by Crippen LogP contribution is -2.46. The molecule has 2 aromatic heterocycles. The van der Waals surface area contributed by atoms with Gasteiger partial charge in [-0.05, 0) is 12.5 Å². The first-order chi connectivity index (χ1) is 13.7. The van der Waals surface area contributed by atoms with Crippen molar-refractivity contribution in [3.8, 4) is 0 Å². The maximum atomic E-state index is 12.2. The lowest BCUT2D eigenvalue weighted by Gasteiger charge is -2.35. The summed E-state index contributed by atoms with van der Waals surface area (Å²) < 4.78 is 4.93. The van der Waals surface area contributed by atoms with Crippen molar-refractivity contribution in [2.75, 3.05) is 36.4 Å². The smallest absolute Gasteiger partial charge is 0.277 e. The van der Waals surface area contributed by atoms with E-state index in [0.717, 1.165) is 38.5 Å². The predicted octanol–water partition coefficient (Wildman–Crippen LogP) is 2.35. The number of hydrogen-bond donors (Lipinski definition) is 1. The molecule has 1 aromatic carbocycles. The van der Waals surface area contributed by atoms with Crippen LogP contribution in [0.2, 0.25) is 0 Å². The number of nitrogens with one attached hydrogen (secondary N) is 1. The molecule has 0 unspecified atom stereocenters. The van der Waals surface area contributed by atoms with Crippen LogP contribution in [0.5, 0.6) is 0 Å². The molecule has 1 fully saturated rings. The molecule has 1 aliphatic rings. The first-order valence-corrected chi connectivity index (χ1v) is 9.25. The fraction of sp³-hybridized carbons (Fsp3) is 0.300. The molecule has 0 spiro atoms. The minimum absolute atomic E-state index is 0.243. The van der Waals surface area contributed by atoms with Gasteiger partial charge in [0.15, 0.2) is 5.82 Å². The first-order valence-electron chi connectivity index (χ1n) is 9.25. The maximum absolute atomic E-state index is 12.2. The minimum atomic E-state index is -0.361. The first kappa shape index (κ1) is 18.1. The molecule has 0 aliphatic carbocycles. The fourth-order valence-corrected chi connectivity index (χ4v) is 3.18. The van der Waals surface area contributed by atoms with Gasteiger partial charge < -0.3 is 14.7 Å². The molecule has 1 amide bonds. The van der Waals surface area contributed by atoms with E-state index in [1.165, 1.54) is 11.8 Å². The molecule has 1 saturated heterocycles. The number of hydrogen-bond acceptors (Lipinski definition) is 7. The molecule has 0 radical (unpaired) electrons. The van der Waals surface area contributed by atoms with E-state index in [1.807, 2.05) is 6.07 Å². The van der Waals surface area contributed by atoms with E-state index in [9.17, 15) is 4.79 Å². The van der Waals surface area contributed by atoms with Crippen LogP contribution in [0.4, 0.5) is 11.6 Å². The van der Waals surface area contributed by atoms with Crippen molar-refractivity contribution in [1.29, 1.82) is 0 Å². The van der Waals surface area contributed by atoms with Crippen molar-refractivity contribution < 1.29 is 9.32 Å². The second-order valence-corrected chi connectivity index (χ2v) is 6.79. The summed E-state index contributed by atoms with van der Waals surface area (Å²) in [6.07, 6.45) is 3.14. The summed E-state index contributed by atoms with van der Waals surface area (Å²) in [6, 6.07) is 12.1. The zero-order chi connectivity index (χ0) is 19.3. The van der Waals surface area contributed by atoms with Crippen molar-refractivity contribution in [1.82, 2.24) is 20.0 Å². The summed E-state index contributed by atoms with van der Waals surface area (Å²) in [7, 11) is 0. The Bertz CT molecular complexity index is 917. The average Bonchev–Trinajstić information content (AvgIpc) is 3.14. The monoisotopic (exact) mass is 378 g/mol. The van der Waals surface area contributed by atoms with Crippen LogP contribution in [-0.2, 0) is 6.54 Å². The number of aromatic nitrogens is 3. The summed E-state index contributed by atoms with van der Waals surface area (Å²) >= 11 is 0. The van der Waals surface area contributed by atoms with Crippen LogP contribution >= 0.6 is 0 Å².